The molecule has 0 spiro atoms. The molecule has 8 heteroatoms. The standard InChI is InChI=1S/C23H29N5O3/c1-4-5-11-27(20-21(24)28(13-16(2)3)23(31)25-22(20)30)19(29)15-26-12-10-17-8-6-7-9-18(17)14-26/h6-10,12,14,16H,4-5,11,13,15H2,1-3H3,(H2-,24,25,30,31)/p+1. The van der Waals surface area contributed by atoms with E-state index in [9.17, 15) is 14.4 Å². The lowest BCUT2D eigenvalue weighted by Crippen LogP contribution is -2.48. The average Bonchev–Trinajstić information content (AvgIpc) is 2.73. The number of benzene rings is 1. The first kappa shape index (κ1) is 22.3. The van der Waals surface area contributed by atoms with E-state index >= 15 is 0 Å². The number of amides is 1. The summed E-state index contributed by atoms with van der Waals surface area (Å²) >= 11 is 0. The highest BCUT2D eigenvalue weighted by molar-refractivity contribution is 5.94. The summed E-state index contributed by atoms with van der Waals surface area (Å²) in [4.78, 5) is 42.0. The molecule has 1 aromatic carbocycles. The van der Waals surface area contributed by atoms with Crippen LogP contribution in [0.5, 0.6) is 0 Å². The van der Waals surface area contributed by atoms with E-state index in [0.717, 1.165) is 17.2 Å². The van der Waals surface area contributed by atoms with Gasteiger partial charge < -0.3 is 5.73 Å². The summed E-state index contributed by atoms with van der Waals surface area (Å²) in [5.41, 5.74) is 5.09. The molecule has 31 heavy (non-hydrogen) atoms. The van der Waals surface area contributed by atoms with Gasteiger partial charge in [-0.3, -0.25) is 24.0 Å². The van der Waals surface area contributed by atoms with Gasteiger partial charge in [0.1, 0.15) is 5.82 Å². The van der Waals surface area contributed by atoms with Crippen molar-refractivity contribution in [1.82, 2.24) is 9.55 Å². The molecule has 0 bridgehead atoms. The first-order valence-electron chi connectivity index (χ1n) is 10.6. The Morgan fingerprint density at radius 3 is 2.58 bits per heavy atom. The summed E-state index contributed by atoms with van der Waals surface area (Å²) in [5, 5.41) is 2.09. The van der Waals surface area contributed by atoms with Crippen molar-refractivity contribution in [2.45, 2.75) is 46.7 Å². The van der Waals surface area contributed by atoms with Gasteiger partial charge >= 0.3 is 5.69 Å². The molecule has 0 aliphatic heterocycles. The zero-order chi connectivity index (χ0) is 22.5. The predicted molar refractivity (Wildman–Crippen MR) is 122 cm³/mol. The van der Waals surface area contributed by atoms with Crippen LogP contribution in [-0.2, 0) is 17.9 Å². The minimum absolute atomic E-state index is 0.0235. The number of rotatable bonds is 8. The predicted octanol–water partition coefficient (Wildman–Crippen LogP) is 2.05. The van der Waals surface area contributed by atoms with E-state index in [2.05, 4.69) is 4.98 Å². The Kier molecular flexibility index (Phi) is 6.89. The van der Waals surface area contributed by atoms with Gasteiger partial charge in [0.25, 0.3) is 11.5 Å². The van der Waals surface area contributed by atoms with Crippen molar-refractivity contribution >= 4 is 28.2 Å². The van der Waals surface area contributed by atoms with Crippen molar-refractivity contribution in [2.24, 2.45) is 5.92 Å². The van der Waals surface area contributed by atoms with E-state index in [4.69, 9.17) is 5.73 Å². The Labute approximate surface area is 180 Å². The van der Waals surface area contributed by atoms with E-state index in [0.29, 0.717) is 19.5 Å². The Balaban J connectivity index is 2.00. The Bertz CT molecular complexity index is 1200. The Hall–Kier alpha value is -3.42. The number of anilines is 2. The van der Waals surface area contributed by atoms with E-state index in [1.54, 1.807) is 4.57 Å². The summed E-state index contributed by atoms with van der Waals surface area (Å²) in [7, 11) is 0. The van der Waals surface area contributed by atoms with Crippen molar-refractivity contribution < 1.29 is 9.36 Å². The van der Waals surface area contributed by atoms with Crippen LogP contribution in [0.1, 0.15) is 33.6 Å². The fourth-order valence-corrected chi connectivity index (χ4v) is 3.58. The molecule has 0 saturated carbocycles. The number of H-pyrrole nitrogens is 1. The maximum absolute atomic E-state index is 13.3. The first-order valence-corrected chi connectivity index (χ1v) is 10.6. The topological polar surface area (TPSA) is 105 Å². The van der Waals surface area contributed by atoms with Gasteiger partial charge in [-0.05, 0) is 23.8 Å². The third-order valence-corrected chi connectivity index (χ3v) is 5.13. The van der Waals surface area contributed by atoms with Crippen LogP contribution in [0, 0.1) is 5.92 Å². The van der Waals surface area contributed by atoms with Crippen molar-refractivity contribution in [3.05, 3.63) is 63.6 Å². The van der Waals surface area contributed by atoms with Crippen LogP contribution < -0.4 is 26.4 Å². The number of hydrogen-bond acceptors (Lipinski definition) is 4. The molecule has 8 nitrogen and oxygen atoms in total. The molecular formula is C23H30N5O3+. The highest BCUT2D eigenvalue weighted by atomic mass is 16.2. The lowest BCUT2D eigenvalue weighted by atomic mass is 10.2. The number of nitrogens with zero attached hydrogens (tertiary/aromatic N) is 3. The number of hydrogen-bond donors (Lipinski definition) is 2. The molecule has 3 rings (SSSR count). The monoisotopic (exact) mass is 424 g/mol. The normalized spacial score (nSPS) is 11.2. The summed E-state index contributed by atoms with van der Waals surface area (Å²) in [6.45, 7) is 6.66. The van der Waals surface area contributed by atoms with Crippen LogP contribution in [0.4, 0.5) is 11.5 Å². The van der Waals surface area contributed by atoms with Crippen molar-refractivity contribution in [3.63, 3.8) is 0 Å². The lowest BCUT2D eigenvalue weighted by Gasteiger charge is -2.24. The second-order valence-electron chi connectivity index (χ2n) is 8.14. The van der Waals surface area contributed by atoms with Gasteiger partial charge in [-0.25, -0.2) is 4.79 Å². The molecule has 3 N–H and O–H groups in total. The molecule has 1 amide bonds. The zero-order valence-corrected chi connectivity index (χ0v) is 18.3. The molecule has 2 aromatic heterocycles. The molecule has 0 aliphatic carbocycles. The first-order chi connectivity index (χ1) is 14.8. The smallest absolute Gasteiger partial charge is 0.330 e. The number of carbonyl (C=O) groups excluding carboxylic acids is 1. The van der Waals surface area contributed by atoms with E-state index in [1.165, 1.54) is 9.47 Å². The molecule has 0 atom stereocenters. The lowest BCUT2D eigenvalue weighted by molar-refractivity contribution is -0.682. The van der Waals surface area contributed by atoms with Gasteiger partial charge in [0, 0.05) is 24.5 Å². The summed E-state index contributed by atoms with van der Waals surface area (Å²) in [5.74, 6) is -0.0946. The van der Waals surface area contributed by atoms with Gasteiger partial charge in [-0.15, -0.1) is 0 Å². The number of unbranched alkanes of at least 4 members (excludes halogenated alkanes) is 1. The van der Waals surface area contributed by atoms with Crippen molar-refractivity contribution in [3.8, 4) is 0 Å². The second kappa shape index (κ2) is 9.59. The van der Waals surface area contributed by atoms with Gasteiger partial charge in [0.05, 0.1) is 0 Å². The van der Waals surface area contributed by atoms with Crippen LogP contribution in [0.15, 0.2) is 52.3 Å². The minimum Gasteiger partial charge on any atom is -0.383 e. The summed E-state index contributed by atoms with van der Waals surface area (Å²) < 4.78 is 3.12. The molecule has 2 heterocycles. The number of nitrogens with two attached hydrogens (primary N) is 1. The number of aromatic nitrogens is 3. The maximum Gasteiger partial charge on any atom is 0.330 e. The van der Waals surface area contributed by atoms with E-state index < -0.39 is 11.2 Å². The highest BCUT2D eigenvalue weighted by Crippen LogP contribution is 2.19. The number of pyridine rings is 1. The SMILES string of the molecule is CCCCN(C(=O)C[n+]1ccc2ccccc2c1)c1c(N)n(CC(C)C)c(=O)[nH]c1=O. The van der Waals surface area contributed by atoms with Crippen LogP contribution in [0.25, 0.3) is 10.8 Å². The molecular weight excluding hydrogens is 394 g/mol. The Morgan fingerprint density at radius 1 is 1.19 bits per heavy atom. The van der Waals surface area contributed by atoms with Crippen LogP contribution >= 0.6 is 0 Å². The third kappa shape index (κ3) is 5.02. The zero-order valence-electron chi connectivity index (χ0n) is 18.3. The van der Waals surface area contributed by atoms with Crippen LogP contribution in [0.2, 0.25) is 0 Å². The summed E-state index contributed by atoms with van der Waals surface area (Å²) in [6, 6.07) is 9.84. The average molecular weight is 425 g/mol. The Morgan fingerprint density at radius 2 is 1.90 bits per heavy atom. The molecule has 0 aliphatic rings. The summed E-state index contributed by atoms with van der Waals surface area (Å²) in [6.07, 6.45) is 5.29. The van der Waals surface area contributed by atoms with Gasteiger partial charge in [-0.1, -0.05) is 45.4 Å². The number of fused-ring (bicyclic) bond motifs is 1. The molecule has 164 valence electrons. The number of aromatic amines is 1. The second-order valence-corrected chi connectivity index (χ2v) is 8.14. The maximum atomic E-state index is 13.3. The number of nitrogens with one attached hydrogen (secondary N) is 1. The van der Waals surface area contributed by atoms with Crippen molar-refractivity contribution in [2.75, 3.05) is 17.2 Å². The molecule has 3 aromatic rings. The number of nitrogen functional groups attached to an aromatic ring is 1. The number of carbonyl (C=O) groups is 1. The van der Waals surface area contributed by atoms with E-state index in [1.807, 2.05) is 63.5 Å². The van der Waals surface area contributed by atoms with Gasteiger partial charge in [0.2, 0.25) is 6.54 Å². The van der Waals surface area contributed by atoms with Gasteiger partial charge in [0.15, 0.2) is 18.1 Å². The quantitative estimate of drug-likeness (QED) is 0.540. The van der Waals surface area contributed by atoms with E-state index in [-0.39, 0.29) is 29.9 Å². The fraction of sp³-hybridized carbons (Fsp3) is 0.391. The van der Waals surface area contributed by atoms with Crippen LogP contribution in [0.3, 0.4) is 0 Å². The van der Waals surface area contributed by atoms with Crippen LogP contribution in [-0.4, -0.2) is 22.0 Å². The minimum atomic E-state index is -0.643. The molecule has 0 fully saturated rings. The highest BCUT2D eigenvalue weighted by Gasteiger charge is 2.26. The third-order valence-electron chi connectivity index (χ3n) is 5.13. The fourth-order valence-electron chi connectivity index (χ4n) is 3.58. The molecule has 0 unspecified atom stereocenters. The molecule has 0 saturated heterocycles. The van der Waals surface area contributed by atoms with Crippen molar-refractivity contribution in [1.29, 1.82) is 0 Å². The molecule has 0 radical (unpaired) electrons. The largest absolute Gasteiger partial charge is 0.383 e. The van der Waals surface area contributed by atoms with Gasteiger partial charge in [-0.2, -0.15) is 4.57 Å².